The van der Waals surface area contributed by atoms with Gasteiger partial charge in [0.2, 0.25) is 0 Å². The number of allylic oxidation sites excluding steroid dienone is 18. The Kier molecular flexibility index (Phi) is 32.3. The van der Waals surface area contributed by atoms with Crippen molar-refractivity contribution in [3.05, 3.63) is 109 Å². The molecule has 0 aliphatic rings. The molecule has 0 N–H and O–H groups in total. The van der Waals surface area contributed by atoms with Crippen LogP contribution < -0.4 is 4.89 Å². The molecule has 0 aromatic heterocycles. The minimum Gasteiger partial charge on any atom is -0.756 e. The highest BCUT2D eigenvalue weighted by Gasteiger charge is 2.21. The second-order valence-electron chi connectivity index (χ2n) is 13.3. The van der Waals surface area contributed by atoms with Gasteiger partial charge in [0.25, 0.3) is 7.82 Å². The number of likely N-dealkylation sites (N-methyl/N-ethyl adjacent to an activating group) is 1. The number of hydrogen-bond acceptors (Lipinski definition) is 8. The van der Waals surface area contributed by atoms with Crippen molar-refractivity contribution in [2.45, 2.75) is 103 Å². The molecule has 0 radical (unpaired) electrons. The van der Waals surface area contributed by atoms with Crippen molar-refractivity contribution in [2.24, 2.45) is 0 Å². The van der Waals surface area contributed by atoms with Crippen molar-refractivity contribution in [3.8, 4) is 0 Å². The van der Waals surface area contributed by atoms with Crippen LogP contribution in [0.3, 0.4) is 0 Å². The predicted octanol–water partition coefficient (Wildman–Crippen LogP) is 9.77. The molecule has 2 atom stereocenters. The van der Waals surface area contributed by atoms with E-state index in [2.05, 4.69) is 74.6 Å². The summed E-state index contributed by atoms with van der Waals surface area (Å²) in [6, 6.07) is 0. The van der Waals surface area contributed by atoms with E-state index in [9.17, 15) is 19.0 Å². The fraction of sp³-hybridized carbons (Fsp3) is 0.535. The Morgan fingerprint density at radius 2 is 1.15 bits per heavy atom. The van der Waals surface area contributed by atoms with Crippen LogP contribution in [-0.2, 0) is 32.7 Å². The summed E-state index contributed by atoms with van der Waals surface area (Å²) in [4.78, 5) is 37.3. The summed E-state index contributed by atoms with van der Waals surface area (Å²) in [5.74, 6) is -0.994. The molecule has 53 heavy (non-hydrogen) atoms. The lowest BCUT2D eigenvalue weighted by atomic mass is 10.1. The molecule has 0 aromatic rings. The molecule has 10 heteroatoms. The average molecular weight is 758 g/mol. The summed E-state index contributed by atoms with van der Waals surface area (Å²) in [6.45, 7) is 3.78. The summed E-state index contributed by atoms with van der Waals surface area (Å²) in [5.41, 5.74) is 0. The highest BCUT2D eigenvalue weighted by molar-refractivity contribution is 7.45. The molecule has 2 unspecified atom stereocenters. The first-order valence-electron chi connectivity index (χ1n) is 19.1. The molecule has 298 valence electrons. The number of unbranched alkanes of at least 4 members (excludes halogenated alkanes) is 3. The van der Waals surface area contributed by atoms with Gasteiger partial charge in [0.1, 0.15) is 19.8 Å². The highest BCUT2D eigenvalue weighted by atomic mass is 31.2. The van der Waals surface area contributed by atoms with Crippen molar-refractivity contribution in [1.82, 2.24) is 0 Å². The van der Waals surface area contributed by atoms with Crippen molar-refractivity contribution >= 4 is 19.8 Å². The van der Waals surface area contributed by atoms with Gasteiger partial charge in [0.05, 0.1) is 27.7 Å². The van der Waals surface area contributed by atoms with Gasteiger partial charge in [-0.15, -0.1) is 0 Å². The number of quaternary nitrogens is 1. The zero-order chi connectivity index (χ0) is 39.3. The first kappa shape index (κ1) is 49.7. The zero-order valence-electron chi connectivity index (χ0n) is 33.2. The van der Waals surface area contributed by atoms with Gasteiger partial charge in [0, 0.05) is 12.8 Å². The van der Waals surface area contributed by atoms with E-state index in [0.717, 1.165) is 57.8 Å². The van der Waals surface area contributed by atoms with E-state index in [1.54, 1.807) is 0 Å². The Bertz CT molecular complexity index is 1270. The van der Waals surface area contributed by atoms with Crippen LogP contribution in [0.4, 0.5) is 0 Å². The third-order valence-corrected chi connectivity index (χ3v) is 8.11. The van der Waals surface area contributed by atoms with Gasteiger partial charge in [-0.25, -0.2) is 0 Å². The summed E-state index contributed by atoms with van der Waals surface area (Å²) in [6.07, 6.45) is 45.7. The largest absolute Gasteiger partial charge is 0.756 e. The number of nitrogens with zero attached hydrogens (tertiary/aromatic N) is 1. The van der Waals surface area contributed by atoms with E-state index in [0.29, 0.717) is 23.9 Å². The molecule has 0 spiro atoms. The molecule has 0 aliphatic carbocycles. The molecule has 0 saturated carbocycles. The monoisotopic (exact) mass is 757 g/mol. The summed E-state index contributed by atoms with van der Waals surface area (Å²) in [5, 5.41) is 0. The summed E-state index contributed by atoms with van der Waals surface area (Å²) >= 11 is 0. The fourth-order valence-electron chi connectivity index (χ4n) is 4.18. The number of phosphoric acid groups is 1. The number of hydrogen-bond donors (Lipinski definition) is 0. The van der Waals surface area contributed by atoms with Gasteiger partial charge < -0.3 is 27.9 Å². The lowest BCUT2D eigenvalue weighted by Crippen LogP contribution is -2.37. The van der Waals surface area contributed by atoms with Crippen LogP contribution in [0.2, 0.25) is 0 Å². The van der Waals surface area contributed by atoms with Crippen LogP contribution in [-0.4, -0.2) is 70.0 Å². The number of carbonyl (C=O) groups excluding carboxylic acids is 2. The standard InChI is InChI=1S/C43H68NO8P/c1-6-8-10-12-14-16-18-20-21-22-24-25-27-29-31-33-35-42(45)49-39-41(40-51-53(47,48)50-38-37-44(3,4)5)52-43(46)36-34-32-30-28-26-23-19-17-15-13-11-9-7-2/h8-11,13-17,19-21,23-26,29,31,41H,6-7,12,18,22,27-28,30,32-40H2,1-5H3/b10-8+,11-9+,15-13+,16-14+,19-17+,21-20+,25-24+,26-23+,31-29+. The molecule has 0 bridgehead atoms. The van der Waals surface area contributed by atoms with E-state index in [4.69, 9.17) is 18.5 Å². The quantitative estimate of drug-likeness (QED) is 0.0167. The lowest BCUT2D eigenvalue weighted by Gasteiger charge is -2.28. The van der Waals surface area contributed by atoms with E-state index >= 15 is 0 Å². The van der Waals surface area contributed by atoms with Crippen LogP contribution >= 0.6 is 7.82 Å². The van der Waals surface area contributed by atoms with Crippen molar-refractivity contribution < 1.29 is 42.1 Å². The van der Waals surface area contributed by atoms with Gasteiger partial charge >= 0.3 is 11.9 Å². The SMILES string of the molecule is CC/C=C/C=C/C=C/C=C/CCCCCC(=O)OC(COC(=O)CC/C=C/C/C=C/C/C=C/C/C=C/C/C=C/CC)COP(=O)([O-])OCC[N+](C)(C)C. The molecule has 0 heterocycles. The van der Waals surface area contributed by atoms with Gasteiger partial charge in [-0.2, -0.15) is 0 Å². The second-order valence-corrected chi connectivity index (χ2v) is 14.7. The smallest absolute Gasteiger partial charge is 0.306 e. The van der Waals surface area contributed by atoms with E-state index in [-0.39, 0.29) is 26.1 Å². The Morgan fingerprint density at radius 1 is 0.604 bits per heavy atom. The normalized spacial score (nSPS) is 14.9. The van der Waals surface area contributed by atoms with Crippen molar-refractivity contribution in [3.63, 3.8) is 0 Å². The molecule has 0 amide bonds. The number of phosphoric ester groups is 1. The van der Waals surface area contributed by atoms with Crippen molar-refractivity contribution in [2.75, 3.05) is 47.5 Å². The number of rotatable bonds is 32. The maximum atomic E-state index is 12.6. The third kappa shape index (κ3) is 38.2. The maximum Gasteiger partial charge on any atom is 0.306 e. The number of ether oxygens (including phenoxy) is 2. The minimum atomic E-state index is -4.65. The highest BCUT2D eigenvalue weighted by Crippen LogP contribution is 2.38. The van der Waals surface area contributed by atoms with E-state index in [1.807, 2.05) is 69.8 Å². The first-order valence-corrected chi connectivity index (χ1v) is 20.6. The third-order valence-electron chi connectivity index (χ3n) is 7.15. The number of carbonyl (C=O) groups is 2. The predicted molar refractivity (Wildman–Crippen MR) is 217 cm³/mol. The Morgan fingerprint density at radius 3 is 1.74 bits per heavy atom. The maximum absolute atomic E-state index is 12.6. The molecule has 0 saturated heterocycles. The van der Waals surface area contributed by atoms with Crippen LogP contribution in [0.5, 0.6) is 0 Å². The van der Waals surface area contributed by atoms with Gasteiger partial charge in [0.15, 0.2) is 6.10 Å². The Labute approximate surface area is 321 Å². The molecule has 0 aliphatic heterocycles. The molecular formula is C43H68NO8P. The van der Waals surface area contributed by atoms with Gasteiger partial charge in [-0.05, 0) is 64.2 Å². The van der Waals surface area contributed by atoms with E-state index in [1.165, 1.54) is 0 Å². The molecule has 0 rings (SSSR count). The number of esters is 2. The molecule has 0 aromatic carbocycles. The van der Waals surface area contributed by atoms with Gasteiger partial charge in [-0.1, -0.05) is 130 Å². The minimum absolute atomic E-state index is 0.0569. The lowest BCUT2D eigenvalue weighted by molar-refractivity contribution is -0.870. The summed E-state index contributed by atoms with van der Waals surface area (Å²) < 4.78 is 33.6. The van der Waals surface area contributed by atoms with Crippen LogP contribution in [0.25, 0.3) is 0 Å². The van der Waals surface area contributed by atoms with Gasteiger partial charge in [-0.3, -0.25) is 14.2 Å². The molecule has 0 fully saturated rings. The molecule has 9 nitrogen and oxygen atoms in total. The Balaban J connectivity index is 4.65. The fourth-order valence-corrected chi connectivity index (χ4v) is 4.91. The average Bonchev–Trinajstić information content (AvgIpc) is 3.10. The van der Waals surface area contributed by atoms with Crippen LogP contribution in [0.15, 0.2) is 109 Å². The zero-order valence-corrected chi connectivity index (χ0v) is 34.0. The van der Waals surface area contributed by atoms with Crippen LogP contribution in [0, 0.1) is 0 Å². The first-order chi connectivity index (χ1) is 25.5. The topological polar surface area (TPSA) is 111 Å². The molecular weight excluding hydrogens is 689 g/mol. The van der Waals surface area contributed by atoms with E-state index < -0.39 is 32.5 Å². The second kappa shape index (κ2) is 34.4. The van der Waals surface area contributed by atoms with Crippen molar-refractivity contribution in [1.29, 1.82) is 0 Å². The van der Waals surface area contributed by atoms with Crippen LogP contribution in [0.1, 0.15) is 97.3 Å². The Hall–Kier alpha value is -3.33. The summed E-state index contributed by atoms with van der Waals surface area (Å²) in [7, 11) is 1.07.